The third kappa shape index (κ3) is 4.53. The van der Waals surface area contributed by atoms with Crippen LogP contribution in [0, 0.1) is 12.7 Å². The lowest BCUT2D eigenvalue weighted by Gasteiger charge is -2.08. The van der Waals surface area contributed by atoms with Crippen LogP contribution in [-0.2, 0) is 0 Å². The molecule has 6 heteroatoms. The van der Waals surface area contributed by atoms with Gasteiger partial charge in [0.2, 0.25) is 0 Å². The first-order valence-electron chi connectivity index (χ1n) is 6.46. The molecular weight excluding hydrogens is 337 g/mol. The van der Waals surface area contributed by atoms with E-state index >= 15 is 0 Å². The topological polar surface area (TPSA) is 54.0 Å². The summed E-state index contributed by atoms with van der Waals surface area (Å²) >= 11 is 3.14. The van der Waals surface area contributed by atoms with Crippen molar-refractivity contribution in [3.05, 3.63) is 57.9 Å². The van der Waals surface area contributed by atoms with E-state index < -0.39 is 5.82 Å². The summed E-state index contributed by atoms with van der Waals surface area (Å²) in [5.74, 6) is -0.418. The molecule has 1 amide bonds. The number of hydrogen-bond donors (Lipinski definition) is 2. The second kappa shape index (κ2) is 7.17. The number of amides is 1. The zero-order chi connectivity index (χ0) is 15.2. The Bertz CT molecular complexity index is 631. The highest BCUT2D eigenvalue weighted by Gasteiger charge is 2.05. The predicted molar refractivity (Wildman–Crippen MR) is 83.9 cm³/mol. The number of carbonyl (C=O) groups is 1. The summed E-state index contributed by atoms with van der Waals surface area (Å²) in [4.78, 5) is 15.8. The third-order valence-corrected chi connectivity index (χ3v) is 3.26. The lowest BCUT2D eigenvalue weighted by molar-refractivity contribution is 0.0955. The van der Waals surface area contributed by atoms with E-state index in [-0.39, 0.29) is 11.7 Å². The second-order valence-electron chi connectivity index (χ2n) is 4.53. The molecule has 0 saturated carbocycles. The molecule has 0 aliphatic rings. The van der Waals surface area contributed by atoms with Gasteiger partial charge in [0, 0.05) is 29.3 Å². The van der Waals surface area contributed by atoms with Gasteiger partial charge in [0.1, 0.15) is 0 Å². The number of benzene rings is 1. The first-order valence-corrected chi connectivity index (χ1v) is 7.25. The van der Waals surface area contributed by atoms with Gasteiger partial charge in [-0.25, -0.2) is 9.37 Å². The van der Waals surface area contributed by atoms with Gasteiger partial charge < -0.3 is 10.6 Å². The number of nitrogens with zero attached hydrogens (tertiary/aromatic N) is 1. The highest BCUT2D eigenvalue weighted by Crippen LogP contribution is 2.15. The first-order chi connectivity index (χ1) is 10.1. The highest BCUT2D eigenvalue weighted by atomic mass is 79.9. The molecule has 0 spiro atoms. The molecule has 4 nitrogen and oxygen atoms in total. The van der Waals surface area contributed by atoms with E-state index in [2.05, 4.69) is 31.5 Å². The molecule has 0 fully saturated rings. The number of hydrogen-bond acceptors (Lipinski definition) is 3. The van der Waals surface area contributed by atoms with Gasteiger partial charge in [-0.2, -0.15) is 0 Å². The smallest absolute Gasteiger partial charge is 0.251 e. The molecule has 2 N–H and O–H groups in total. The van der Waals surface area contributed by atoms with Crippen LogP contribution in [0.2, 0.25) is 0 Å². The highest BCUT2D eigenvalue weighted by molar-refractivity contribution is 9.10. The Morgan fingerprint density at radius 2 is 2.00 bits per heavy atom. The fraction of sp³-hybridized carbons (Fsp3) is 0.200. The molecule has 2 aromatic rings. The molecule has 1 aromatic heterocycles. The van der Waals surface area contributed by atoms with Crippen LogP contribution in [0.3, 0.4) is 0 Å². The summed E-state index contributed by atoms with van der Waals surface area (Å²) in [7, 11) is 0. The Morgan fingerprint density at radius 3 is 2.67 bits per heavy atom. The van der Waals surface area contributed by atoms with Crippen molar-refractivity contribution in [3.8, 4) is 0 Å². The van der Waals surface area contributed by atoms with Crippen molar-refractivity contribution in [1.29, 1.82) is 0 Å². The first kappa shape index (κ1) is 15.4. The summed E-state index contributed by atoms with van der Waals surface area (Å²) in [6.07, 6.45) is 1.51. The van der Waals surface area contributed by atoms with E-state index in [1.54, 1.807) is 12.1 Å². The van der Waals surface area contributed by atoms with E-state index in [0.29, 0.717) is 23.1 Å². The van der Waals surface area contributed by atoms with Gasteiger partial charge in [0.15, 0.2) is 11.6 Å². The van der Waals surface area contributed by atoms with Gasteiger partial charge >= 0.3 is 0 Å². The van der Waals surface area contributed by atoms with E-state index in [4.69, 9.17) is 0 Å². The molecule has 0 aliphatic heterocycles. The van der Waals surface area contributed by atoms with Crippen molar-refractivity contribution >= 4 is 27.7 Å². The molecule has 0 bridgehead atoms. The molecular formula is C15H15BrFN3O. The molecule has 21 heavy (non-hydrogen) atoms. The minimum absolute atomic E-state index is 0.152. The molecule has 110 valence electrons. The minimum atomic E-state index is -0.436. The van der Waals surface area contributed by atoms with Crippen molar-refractivity contribution in [3.63, 3.8) is 0 Å². The van der Waals surface area contributed by atoms with Crippen molar-refractivity contribution in [2.24, 2.45) is 0 Å². The monoisotopic (exact) mass is 351 g/mol. The minimum Gasteiger partial charge on any atom is -0.366 e. The molecule has 0 atom stereocenters. The molecule has 0 aliphatic carbocycles. The van der Waals surface area contributed by atoms with Gasteiger partial charge in [-0.15, -0.1) is 0 Å². The fourth-order valence-electron chi connectivity index (χ4n) is 1.71. The van der Waals surface area contributed by atoms with Gasteiger partial charge in [0.05, 0.1) is 0 Å². The maximum atomic E-state index is 13.5. The number of anilines is 1. The van der Waals surface area contributed by atoms with Crippen LogP contribution in [0.5, 0.6) is 0 Å². The van der Waals surface area contributed by atoms with Gasteiger partial charge in [-0.3, -0.25) is 4.79 Å². The number of halogens is 2. The number of aromatic nitrogens is 1. The maximum Gasteiger partial charge on any atom is 0.251 e. The maximum absolute atomic E-state index is 13.5. The zero-order valence-corrected chi connectivity index (χ0v) is 13.1. The Morgan fingerprint density at radius 1 is 1.29 bits per heavy atom. The Balaban J connectivity index is 1.79. The normalized spacial score (nSPS) is 10.2. The van der Waals surface area contributed by atoms with Crippen LogP contribution < -0.4 is 10.6 Å². The summed E-state index contributed by atoms with van der Waals surface area (Å²) in [6.45, 7) is 2.73. The van der Waals surface area contributed by atoms with Crippen LogP contribution >= 0.6 is 15.9 Å². The Kier molecular flexibility index (Phi) is 5.27. The van der Waals surface area contributed by atoms with Gasteiger partial charge in [-0.1, -0.05) is 17.7 Å². The third-order valence-electron chi connectivity index (χ3n) is 2.82. The molecule has 0 saturated heterocycles. The standard InChI is InChI=1S/C15H15BrFN3O/c1-10-2-4-11(5-3-10)15(21)19-7-6-18-14-13(17)8-12(16)9-20-14/h2-5,8-9H,6-7H2,1H3,(H,18,20)(H,19,21). The van der Waals surface area contributed by atoms with Crippen LogP contribution in [-0.4, -0.2) is 24.0 Å². The Labute approximate surface area is 130 Å². The number of aryl methyl sites for hydroxylation is 1. The van der Waals surface area contributed by atoms with E-state index in [1.807, 2.05) is 19.1 Å². The molecule has 0 radical (unpaired) electrons. The van der Waals surface area contributed by atoms with Gasteiger partial charge in [-0.05, 0) is 41.1 Å². The summed E-state index contributed by atoms with van der Waals surface area (Å²) < 4.78 is 14.1. The molecule has 2 rings (SSSR count). The SMILES string of the molecule is Cc1ccc(C(=O)NCCNc2ncc(Br)cc2F)cc1. The van der Waals surface area contributed by atoms with E-state index in [9.17, 15) is 9.18 Å². The van der Waals surface area contributed by atoms with Crippen molar-refractivity contribution in [1.82, 2.24) is 10.3 Å². The summed E-state index contributed by atoms with van der Waals surface area (Å²) in [5.41, 5.74) is 1.71. The summed E-state index contributed by atoms with van der Waals surface area (Å²) in [6, 6.07) is 8.64. The number of pyridine rings is 1. The van der Waals surface area contributed by atoms with Crippen molar-refractivity contribution in [2.75, 3.05) is 18.4 Å². The van der Waals surface area contributed by atoms with E-state index in [0.717, 1.165) is 5.56 Å². The lowest BCUT2D eigenvalue weighted by Crippen LogP contribution is -2.29. The lowest BCUT2D eigenvalue weighted by atomic mass is 10.1. The van der Waals surface area contributed by atoms with Gasteiger partial charge in [0.25, 0.3) is 5.91 Å². The average molecular weight is 352 g/mol. The van der Waals surface area contributed by atoms with E-state index in [1.165, 1.54) is 12.3 Å². The quantitative estimate of drug-likeness (QED) is 0.813. The largest absolute Gasteiger partial charge is 0.366 e. The summed E-state index contributed by atoms with van der Waals surface area (Å²) in [5, 5.41) is 5.59. The molecule has 0 unspecified atom stereocenters. The Hall–Kier alpha value is -1.95. The van der Waals surface area contributed by atoms with Crippen LogP contribution in [0.4, 0.5) is 10.2 Å². The number of rotatable bonds is 5. The number of nitrogens with one attached hydrogen (secondary N) is 2. The zero-order valence-electron chi connectivity index (χ0n) is 11.5. The second-order valence-corrected chi connectivity index (χ2v) is 5.45. The molecule has 1 aromatic carbocycles. The fourth-order valence-corrected chi connectivity index (χ4v) is 2.01. The number of carbonyl (C=O) groups excluding carboxylic acids is 1. The van der Waals surface area contributed by atoms with Crippen molar-refractivity contribution < 1.29 is 9.18 Å². The van der Waals surface area contributed by atoms with Crippen molar-refractivity contribution in [2.45, 2.75) is 6.92 Å². The van der Waals surface area contributed by atoms with Crippen LogP contribution in [0.1, 0.15) is 15.9 Å². The van der Waals surface area contributed by atoms with Crippen LogP contribution in [0.15, 0.2) is 41.0 Å². The van der Waals surface area contributed by atoms with Crippen LogP contribution in [0.25, 0.3) is 0 Å². The average Bonchev–Trinajstić information content (AvgIpc) is 2.46. The molecule has 1 heterocycles. The predicted octanol–water partition coefficient (Wildman–Crippen LogP) is 3.13.